The Labute approximate surface area is 93.7 Å². The van der Waals surface area contributed by atoms with Gasteiger partial charge >= 0.3 is 0 Å². The topological polar surface area (TPSA) is 89.3 Å². The minimum Gasteiger partial charge on any atom is -0.341 e. The lowest BCUT2D eigenvalue weighted by atomic mass is 10.2. The van der Waals surface area contributed by atoms with Crippen LogP contribution in [0.1, 0.15) is 5.56 Å². The van der Waals surface area contributed by atoms with Gasteiger partial charge in [-0.1, -0.05) is 12.1 Å². The number of rotatable bonds is 3. The molecule has 1 amide bonds. The number of carbonyl (C=O) groups excluding carboxylic acids is 1. The van der Waals surface area contributed by atoms with Crippen molar-refractivity contribution in [1.29, 1.82) is 0 Å². The molecule has 5 nitrogen and oxygen atoms in total. The van der Waals surface area contributed by atoms with E-state index in [1.165, 1.54) is 18.2 Å². The molecule has 0 aromatic heterocycles. The average Bonchev–Trinajstić information content (AvgIpc) is 2.25. The highest BCUT2D eigenvalue weighted by molar-refractivity contribution is 7.89. The van der Waals surface area contributed by atoms with Gasteiger partial charge in [-0.25, -0.2) is 13.6 Å². The molecule has 0 saturated carbocycles. The predicted molar refractivity (Wildman–Crippen MR) is 58.5 cm³/mol. The van der Waals surface area contributed by atoms with Crippen molar-refractivity contribution < 1.29 is 13.2 Å². The Morgan fingerprint density at radius 3 is 2.75 bits per heavy atom. The van der Waals surface area contributed by atoms with Gasteiger partial charge in [-0.3, -0.25) is 4.79 Å². The van der Waals surface area contributed by atoms with Crippen molar-refractivity contribution in [2.24, 2.45) is 5.14 Å². The van der Waals surface area contributed by atoms with Crippen LogP contribution < -0.4 is 10.5 Å². The molecule has 6 heteroatoms. The Kier molecular flexibility index (Phi) is 3.66. The molecule has 0 radical (unpaired) electrons. The molecule has 0 unspecified atom stereocenters. The third-order valence-electron chi connectivity index (χ3n) is 1.81. The maximum Gasteiger partial charge on any atom is 0.295 e. The number of terminal acetylenes is 1. The van der Waals surface area contributed by atoms with E-state index >= 15 is 0 Å². The number of amides is 1. The summed E-state index contributed by atoms with van der Waals surface area (Å²) >= 11 is 0. The molecule has 1 aromatic carbocycles. The molecule has 3 N–H and O–H groups in total. The Morgan fingerprint density at radius 2 is 2.19 bits per heavy atom. The molecule has 0 aliphatic carbocycles. The molecule has 0 aliphatic heterocycles. The number of primary sulfonamides is 1. The predicted octanol–water partition coefficient (Wildman–Crippen LogP) is -0.417. The summed E-state index contributed by atoms with van der Waals surface area (Å²) in [6.45, 7) is 0.159. The van der Waals surface area contributed by atoms with Crippen molar-refractivity contribution in [2.45, 2.75) is 11.4 Å². The lowest BCUT2D eigenvalue weighted by Gasteiger charge is -2.03. The summed E-state index contributed by atoms with van der Waals surface area (Å²) in [4.78, 5) is 10.8. The Bertz CT molecular complexity index is 543. The van der Waals surface area contributed by atoms with Gasteiger partial charge in [-0.05, 0) is 23.6 Å². The highest BCUT2D eigenvalue weighted by atomic mass is 32.2. The van der Waals surface area contributed by atoms with Gasteiger partial charge < -0.3 is 5.32 Å². The van der Waals surface area contributed by atoms with Crippen molar-refractivity contribution >= 4 is 15.9 Å². The van der Waals surface area contributed by atoms with Crippen LogP contribution in [0.15, 0.2) is 29.2 Å². The van der Waals surface area contributed by atoms with E-state index in [2.05, 4.69) is 5.32 Å². The first-order valence-corrected chi connectivity index (χ1v) is 5.84. The third kappa shape index (κ3) is 3.38. The van der Waals surface area contributed by atoms with Crippen molar-refractivity contribution in [1.82, 2.24) is 5.32 Å². The minimum atomic E-state index is -3.72. The molecule has 0 heterocycles. The lowest BCUT2D eigenvalue weighted by Crippen LogP contribution is -2.21. The van der Waals surface area contributed by atoms with Crippen LogP contribution in [0.5, 0.6) is 0 Å². The third-order valence-corrected chi connectivity index (χ3v) is 2.72. The minimum absolute atomic E-state index is 0.0000402. The van der Waals surface area contributed by atoms with Crippen LogP contribution in [0.25, 0.3) is 0 Å². The van der Waals surface area contributed by atoms with E-state index in [1.807, 2.05) is 5.92 Å². The summed E-state index contributed by atoms with van der Waals surface area (Å²) < 4.78 is 22.1. The fraction of sp³-hybridized carbons (Fsp3) is 0.100. The monoisotopic (exact) mass is 238 g/mol. The quantitative estimate of drug-likeness (QED) is 0.701. The average molecular weight is 238 g/mol. The molecular formula is C10H10N2O3S. The highest BCUT2D eigenvalue weighted by Crippen LogP contribution is 2.09. The van der Waals surface area contributed by atoms with Crippen LogP contribution in [0, 0.1) is 12.3 Å². The normalized spacial score (nSPS) is 10.5. The molecule has 0 fully saturated rings. The molecule has 84 valence electrons. The second-order valence-electron chi connectivity index (χ2n) is 3.02. The molecule has 1 aromatic rings. The molecule has 0 saturated heterocycles. The Morgan fingerprint density at radius 1 is 1.50 bits per heavy atom. The zero-order valence-electron chi connectivity index (χ0n) is 8.30. The molecule has 0 aliphatic rings. The van der Waals surface area contributed by atoms with E-state index in [9.17, 15) is 13.2 Å². The van der Waals surface area contributed by atoms with Crippen molar-refractivity contribution in [3.63, 3.8) is 0 Å². The first kappa shape index (κ1) is 12.2. The summed E-state index contributed by atoms with van der Waals surface area (Å²) in [6, 6.07) is 5.95. The highest BCUT2D eigenvalue weighted by Gasteiger charge is 2.07. The first-order valence-electron chi connectivity index (χ1n) is 4.29. The second kappa shape index (κ2) is 4.79. The second-order valence-corrected chi connectivity index (χ2v) is 4.58. The molecule has 1 rings (SSSR count). The summed E-state index contributed by atoms with van der Waals surface area (Å²) in [6.07, 6.45) is 4.86. The van der Waals surface area contributed by atoms with E-state index in [-0.39, 0.29) is 11.4 Å². The van der Waals surface area contributed by atoms with Gasteiger partial charge in [0.2, 0.25) is 10.0 Å². The number of hydrogen-bond acceptors (Lipinski definition) is 3. The number of hydrogen-bond donors (Lipinski definition) is 2. The fourth-order valence-electron chi connectivity index (χ4n) is 1.07. The Balaban J connectivity index is 2.85. The van der Waals surface area contributed by atoms with Gasteiger partial charge in [0.25, 0.3) is 5.91 Å². The van der Waals surface area contributed by atoms with Gasteiger partial charge in [0.1, 0.15) is 0 Å². The smallest absolute Gasteiger partial charge is 0.295 e. The SMILES string of the molecule is C#CC(=O)NCc1cccc(S(N)(=O)=O)c1. The van der Waals surface area contributed by atoms with Crippen LogP contribution in [0.4, 0.5) is 0 Å². The van der Waals surface area contributed by atoms with Crippen LogP contribution in [0.2, 0.25) is 0 Å². The van der Waals surface area contributed by atoms with Gasteiger partial charge in [0.05, 0.1) is 4.90 Å². The van der Waals surface area contributed by atoms with Crippen molar-refractivity contribution in [3.05, 3.63) is 29.8 Å². The van der Waals surface area contributed by atoms with Crippen molar-refractivity contribution in [2.75, 3.05) is 0 Å². The fourth-order valence-corrected chi connectivity index (χ4v) is 1.65. The number of nitrogens with one attached hydrogen (secondary N) is 1. The molecule has 0 atom stereocenters. The van der Waals surface area contributed by atoms with Crippen LogP contribution >= 0.6 is 0 Å². The van der Waals surface area contributed by atoms with Gasteiger partial charge in [-0.15, -0.1) is 6.42 Å². The number of sulfonamides is 1. The molecule has 16 heavy (non-hydrogen) atoms. The lowest BCUT2D eigenvalue weighted by molar-refractivity contribution is -0.115. The van der Waals surface area contributed by atoms with E-state index in [0.717, 1.165) is 0 Å². The van der Waals surface area contributed by atoms with Crippen molar-refractivity contribution in [3.8, 4) is 12.3 Å². The first-order chi connectivity index (χ1) is 7.43. The van der Waals surface area contributed by atoms with E-state index in [4.69, 9.17) is 11.6 Å². The Hall–Kier alpha value is -1.84. The molecule has 0 bridgehead atoms. The van der Waals surface area contributed by atoms with E-state index < -0.39 is 15.9 Å². The maximum absolute atomic E-state index is 11.0. The summed E-state index contributed by atoms with van der Waals surface area (Å²) in [5.74, 6) is 1.33. The number of benzene rings is 1. The zero-order chi connectivity index (χ0) is 12.2. The molecule has 0 spiro atoms. The summed E-state index contributed by atoms with van der Waals surface area (Å²) in [7, 11) is -3.72. The van der Waals surface area contributed by atoms with Gasteiger partial charge in [0.15, 0.2) is 0 Å². The van der Waals surface area contributed by atoms with Crippen LogP contribution in [-0.4, -0.2) is 14.3 Å². The van der Waals surface area contributed by atoms with Crippen LogP contribution in [0.3, 0.4) is 0 Å². The largest absolute Gasteiger partial charge is 0.341 e. The van der Waals surface area contributed by atoms with Crippen LogP contribution in [-0.2, 0) is 21.4 Å². The summed E-state index contributed by atoms with van der Waals surface area (Å²) in [5.41, 5.74) is 0.607. The zero-order valence-corrected chi connectivity index (χ0v) is 9.12. The number of carbonyl (C=O) groups is 1. The van der Waals surface area contributed by atoms with E-state index in [1.54, 1.807) is 6.07 Å². The maximum atomic E-state index is 11.0. The van der Waals surface area contributed by atoms with Gasteiger partial charge in [0, 0.05) is 6.54 Å². The number of nitrogens with two attached hydrogens (primary N) is 1. The molecular weight excluding hydrogens is 228 g/mol. The summed E-state index contributed by atoms with van der Waals surface area (Å²) in [5, 5.41) is 7.38. The van der Waals surface area contributed by atoms with E-state index in [0.29, 0.717) is 5.56 Å². The van der Waals surface area contributed by atoms with Gasteiger partial charge in [-0.2, -0.15) is 0 Å². The standard InChI is InChI=1S/C10H10N2O3S/c1-2-10(13)12-7-8-4-3-5-9(6-8)16(11,14)15/h1,3-6H,7H2,(H,12,13)(H2,11,14,15).